The first kappa shape index (κ1) is 26.1. The molecule has 2 heterocycles. The Labute approximate surface area is 214 Å². The van der Waals surface area contributed by atoms with Crippen molar-refractivity contribution >= 4 is 29.3 Å². The Morgan fingerprint density at radius 2 is 1.67 bits per heavy atom. The average molecular weight is 518 g/mol. The highest BCUT2D eigenvalue weighted by Crippen LogP contribution is 2.35. The van der Waals surface area contributed by atoms with E-state index in [-0.39, 0.29) is 40.6 Å². The highest BCUT2D eigenvalue weighted by molar-refractivity contribution is 6.30. The lowest BCUT2D eigenvalue weighted by molar-refractivity contribution is -0.137. The number of hydrogen-bond donors (Lipinski definition) is 0. The molecule has 2 saturated heterocycles. The summed E-state index contributed by atoms with van der Waals surface area (Å²) >= 11 is 5.88. The zero-order valence-electron chi connectivity index (χ0n) is 20.4. The van der Waals surface area contributed by atoms with Gasteiger partial charge in [0, 0.05) is 57.0 Å². The number of benzene rings is 2. The van der Waals surface area contributed by atoms with E-state index in [2.05, 4.69) is 0 Å². The summed E-state index contributed by atoms with van der Waals surface area (Å²) in [5, 5.41) is 0.0297. The van der Waals surface area contributed by atoms with Crippen LogP contribution in [0.4, 0.5) is 8.78 Å². The van der Waals surface area contributed by atoms with Crippen molar-refractivity contribution in [2.75, 3.05) is 32.7 Å². The molecule has 0 aromatic heterocycles. The molecule has 0 saturated carbocycles. The molecule has 0 radical (unpaired) electrons. The van der Waals surface area contributed by atoms with Gasteiger partial charge in [0.15, 0.2) is 0 Å². The van der Waals surface area contributed by atoms with Crippen molar-refractivity contribution in [2.45, 2.75) is 38.6 Å². The third-order valence-corrected chi connectivity index (χ3v) is 7.65. The van der Waals surface area contributed by atoms with E-state index < -0.39 is 11.6 Å². The fourth-order valence-corrected chi connectivity index (χ4v) is 5.52. The maximum absolute atomic E-state index is 14.2. The summed E-state index contributed by atoms with van der Waals surface area (Å²) in [7, 11) is 0. The van der Waals surface area contributed by atoms with Gasteiger partial charge in [-0.05, 0) is 61.7 Å². The van der Waals surface area contributed by atoms with Crippen LogP contribution in [0, 0.1) is 17.6 Å². The summed E-state index contributed by atoms with van der Waals surface area (Å²) in [5.74, 6) is -1.67. The van der Waals surface area contributed by atoms with Gasteiger partial charge in [-0.15, -0.1) is 0 Å². The molecule has 3 amide bonds. The zero-order valence-corrected chi connectivity index (χ0v) is 21.2. The molecule has 2 aliphatic heterocycles. The maximum Gasteiger partial charge on any atom is 0.253 e. The minimum atomic E-state index is -0.526. The number of nitrogens with zero attached hydrogens (tertiary/aromatic N) is 3. The summed E-state index contributed by atoms with van der Waals surface area (Å²) in [5.41, 5.74) is 1.13. The Morgan fingerprint density at radius 3 is 2.25 bits per heavy atom. The number of carbonyl (C=O) groups is 3. The molecular weight excluding hydrogens is 488 g/mol. The van der Waals surface area contributed by atoms with E-state index in [1.165, 1.54) is 43.3 Å². The van der Waals surface area contributed by atoms with E-state index in [1.807, 2.05) is 6.92 Å². The molecule has 4 rings (SSSR count). The van der Waals surface area contributed by atoms with Crippen LogP contribution in [0.2, 0.25) is 5.02 Å². The smallest absolute Gasteiger partial charge is 0.253 e. The Hall–Kier alpha value is -3.00. The van der Waals surface area contributed by atoms with Crippen LogP contribution in [-0.2, 0) is 9.59 Å². The van der Waals surface area contributed by atoms with Crippen molar-refractivity contribution < 1.29 is 23.2 Å². The molecule has 2 fully saturated rings. The van der Waals surface area contributed by atoms with Crippen molar-refractivity contribution in [2.24, 2.45) is 5.92 Å². The highest BCUT2D eigenvalue weighted by atomic mass is 35.5. The lowest BCUT2D eigenvalue weighted by atomic mass is 9.93. The number of likely N-dealkylation sites (N-methyl/N-ethyl adjacent to an activating group) is 1. The minimum Gasteiger partial charge on any atom is -0.340 e. The van der Waals surface area contributed by atoms with Crippen LogP contribution in [0.3, 0.4) is 0 Å². The third-order valence-electron chi connectivity index (χ3n) is 7.34. The first-order valence-corrected chi connectivity index (χ1v) is 12.6. The average Bonchev–Trinajstić information content (AvgIpc) is 3.30. The van der Waals surface area contributed by atoms with Crippen molar-refractivity contribution in [1.82, 2.24) is 14.7 Å². The van der Waals surface area contributed by atoms with Gasteiger partial charge in [0.2, 0.25) is 11.8 Å². The highest BCUT2D eigenvalue weighted by Gasteiger charge is 2.42. The van der Waals surface area contributed by atoms with E-state index in [0.717, 1.165) is 0 Å². The largest absolute Gasteiger partial charge is 0.340 e. The van der Waals surface area contributed by atoms with Gasteiger partial charge in [0.1, 0.15) is 11.6 Å². The molecule has 2 atom stereocenters. The molecule has 36 heavy (non-hydrogen) atoms. The molecular formula is C27H30ClF2N3O3. The second-order valence-corrected chi connectivity index (χ2v) is 9.88. The second kappa shape index (κ2) is 10.9. The van der Waals surface area contributed by atoms with Gasteiger partial charge in [0.05, 0.1) is 11.1 Å². The van der Waals surface area contributed by atoms with Crippen LogP contribution in [0.15, 0.2) is 42.5 Å². The van der Waals surface area contributed by atoms with Crippen molar-refractivity contribution in [3.63, 3.8) is 0 Å². The molecule has 0 spiro atoms. The van der Waals surface area contributed by atoms with Crippen molar-refractivity contribution in [3.05, 3.63) is 70.2 Å². The van der Waals surface area contributed by atoms with Crippen LogP contribution < -0.4 is 0 Å². The molecule has 0 aliphatic carbocycles. The van der Waals surface area contributed by atoms with Crippen LogP contribution in [-0.4, -0.2) is 71.2 Å². The second-order valence-electron chi connectivity index (χ2n) is 9.47. The number of likely N-dealkylation sites (tertiary alicyclic amines) is 2. The molecule has 9 heteroatoms. The van der Waals surface area contributed by atoms with Crippen LogP contribution in [0.5, 0.6) is 0 Å². The quantitative estimate of drug-likeness (QED) is 0.593. The van der Waals surface area contributed by atoms with E-state index >= 15 is 0 Å². The molecule has 0 bridgehead atoms. The lowest BCUT2D eigenvalue weighted by Crippen LogP contribution is -2.46. The van der Waals surface area contributed by atoms with Gasteiger partial charge >= 0.3 is 0 Å². The number of hydrogen-bond acceptors (Lipinski definition) is 3. The molecule has 0 unspecified atom stereocenters. The van der Waals surface area contributed by atoms with Gasteiger partial charge in [-0.1, -0.05) is 17.7 Å². The summed E-state index contributed by atoms with van der Waals surface area (Å²) in [6.45, 7) is 5.49. The first-order chi connectivity index (χ1) is 17.2. The molecule has 2 aromatic rings. The summed E-state index contributed by atoms with van der Waals surface area (Å²) in [6.07, 6.45) is 1.05. The minimum absolute atomic E-state index is 0.00887. The Balaban J connectivity index is 1.45. The number of amides is 3. The lowest BCUT2D eigenvalue weighted by Gasteiger charge is -2.33. The maximum atomic E-state index is 14.2. The Kier molecular flexibility index (Phi) is 7.93. The first-order valence-electron chi connectivity index (χ1n) is 12.2. The number of carbonyl (C=O) groups excluding carboxylic acids is 3. The Morgan fingerprint density at radius 1 is 1.00 bits per heavy atom. The van der Waals surface area contributed by atoms with E-state index in [1.54, 1.807) is 20.8 Å². The van der Waals surface area contributed by atoms with Gasteiger partial charge < -0.3 is 14.7 Å². The topological polar surface area (TPSA) is 60.9 Å². The fourth-order valence-electron chi connectivity index (χ4n) is 5.41. The fraction of sp³-hybridized carbons (Fsp3) is 0.444. The number of halogens is 3. The zero-order chi connectivity index (χ0) is 26.0. The molecule has 6 nitrogen and oxygen atoms in total. The molecule has 2 aromatic carbocycles. The molecule has 0 N–H and O–H groups in total. The van der Waals surface area contributed by atoms with Crippen LogP contribution in [0.25, 0.3) is 0 Å². The van der Waals surface area contributed by atoms with Crippen molar-refractivity contribution in [3.8, 4) is 0 Å². The predicted molar refractivity (Wildman–Crippen MR) is 133 cm³/mol. The standard InChI is InChI=1S/C27H30ClF2N3O3/c1-3-33(17(2)34)25-16-32(15-22(25)20-6-9-23(28)24(30)14-20)27(36)19-10-12-31(13-11-19)26(35)18-4-7-21(29)8-5-18/h4-9,14,19,22,25H,3,10-13,15-16H2,1-2H3/t22-,25+/m0/s1. The normalized spacial score (nSPS) is 20.5. The third kappa shape index (κ3) is 5.38. The SMILES string of the molecule is CCN(C(C)=O)[C@@H]1CN(C(=O)C2CCN(C(=O)c3ccc(F)cc3)CC2)C[C@H]1c1ccc(Cl)c(F)c1. The molecule has 2 aliphatic rings. The van der Waals surface area contributed by atoms with Crippen LogP contribution in [0.1, 0.15) is 48.5 Å². The number of piperidine rings is 1. The summed E-state index contributed by atoms with van der Waals surface area (Å²) < 4.78 is 27.4. The predicted octanol–water partition coefficient (Wildman–Crippen LogP) is 4.33. The van der Waals surface area contributed by atoms with Gasteiger partial charge in [0.25, 0.3) is 5.91 Å². The van der Waals surface area contributed by atoms with Crippen LogP contribution >= 0.6 is 11.6 Å². The molecule has 192 valence electrons. The van der Waals surface area contributed by atoms with E-state index in [9.17, 15) is 23.2 Å². The van der Waals surface area contributed by atoms with Gasteiger partial charge in [-0.25, -0.2) is 8.78 Å². The monoisotopic (exact) mass is 517 g/mol. The van der Waals surface area contributed by atoms with Gasteiger partial charge in [-0.2, -0.15) is 0 Å². The van der Waals surface area contributed by atoms with Crippen molar-refractivity contribution in [1.29, 1.82) is 0 Å². The van der Waals surface area contributed by atoms with E-state index in [4.69, 9.17) is 11.6 Å². The summed E-state index contributed by atoms with van der Waals surface area (Å²) in [6, 6.07) is 9.84. The number of rotatable bonds is 5. The van der Waals surface area contributed by atoms with Gasteiger partial charge in [-0.3, -0.25) is 14.4 Å². The van der Waals surface area contributed by atoms with E-state index in [0.29, 0.717) is 56.7 Å². The summed E-state index contributed by atoms with van der Waals surface area (Å²) in [4.78, 5) is 43.8. The Bertz CT molecular complexity index is 1140.